The molecule has 0 radical (unpaired) electrons. The molecule has 55 heavy (non-hydrogen) atoms. The van der Waals surface area contributed by atoms with Crippen LogP contribution in [0.2, 0.25) is 0 Å². The molecule has 2 heterocycles. The summed E-state index contributed by atoms with van der Waals surface area (Å²) >= 11 is 1.95. The largest absolute Gasteiger partial charge is 0.309 e. The van der Waals surface area contributed by atoms with Crippen LogP contribution in [0.3, 0.4) is 0 Å². The topological polar surface area (TPSA) is 4.93 Å². The first-order valence-corrected chi connectivity index (χ1v) is 20.2. The number of hydrogen-bond acceptors (Lipinski definition) is 1. The standard InChI is InChI=1S/C53H35NS/c1-2-12-33(13-3-1)38-27-24-35-15-5-7-18-40(35)52-45-21-11-20-44-43-29-26-37(31-50(43)55-51(53(44)45)32-46(38)52)36-25-28-42-41-19-8-9-22-48(41)54(49(42)30-36)47-23-10-16-34-14-4-6-17-39(34)47/h1-23,25-26,28-32,38H,24,27H2/t38-/m0/s1. The molecule has 0 fully saturated rings. The number of nitrogens with zero attached hydrogens (tertiary/aromatic N) is 1. The smallest absolute Gasteiger partial charge is 0.0547 e. The van der Waals surface area contributed by atoms with E-state index in [0.29, 0.717) is 5.92 Å². The molecule has 10 aromatic rings. The van der Waals surface area contributed by atoms with E-state index in [9.17, 15) is 0 Å². The predicted octanol–water partition coefficient (Wildman–Crippen LogP) is 14.6. The molecule has 1 aliphatic carbocycles. The highest BCUT2D eigenvalue weighted by Crippen LogP contribution is 2.54. The second-order valence-electron chi connectivity index (χ2n) is 15.1. The van der Waals surface area contributed by atoms with Crippen molar-refractivity contribution < 1.29 is 0 Å². The maximum absolute atomic E-state index is 2.55. The third-order valence-corrected chi connectivity index (χ3v) is 13.3. The van der Waals surface area contributed by atoms with E-state index in [-0.39, 0.29) is 0 Å². The van der Waals surface area contributed by atoms with Crippen molar-refractivity contribution >= 4 is 55.1 Å². The van der Waals surface area contributed by atoms with E-state index in [1.165, 1.54) is 109 Å². The highest BCUT2D eigenvalue weighted by Gasteiger charge is 2.29. The summed E-state index contributed by atoms with van der Waals surface area (Å²) in [6.45, 7) is 0. The molecule has 0 saturated heterocycles. The number of para-hydroxylation sites is 1. The number of rotatable bonds is 3. The fourth-order valence-corrected chi connectivity index (χ4v) is 11.0. The Bertz CT molecular complexity index is 3180. The van der Waals surface area contributed by atoms with Gasteiger partial charge in [0.05, 0.1) is 16.7 Å². The van der Waals surface area contributed by atoms with Crippen LogP contribution in [0.5, 0.6) is 0 Å². The molecule has 0 N–H and O–H groups in total. The summed E-state index contributed by atoms with van der Waals surface area (Å²) in [5, 5.41) is 7.81. The lowest BCUT2D eigenvalue weighted by atomic mass is 9.82. The average molecular weight is 718 g/mol. The molecule has 1 nitrogen and oxygen atoms in total. The van der Waals surface area contributed by atoms with Crippen LogP contribution in [0.15, 0.2) is 192 Å². The number of aryl methyl sites for hydroxylation is 1. The molecule has 2 aliphatic rings. The van der Waals surface area contributed by atoms with E-state index >= 15 is 0 Å². The van der Waals surface area contributed by atoms with Crippen molar-refractivity contribution in [2.24, 2.45) is 0 Å². The molecule has 12 rings (SSSR count). The Morgan fingerprint density at radius 2 is 1.18 bits per heavy atom. The zero-order valence-electron chi connectivity index (χ0n) is 30.2. The minimum atomic E-state index is 0.335. The predicted molar refractivity (Wildman–Crippen MR) is 233 cm³/mol. The zero-order chi connectivity index (χ0) is 36.0. The van der Waals surface area contributed by atoms with Gasteiger partial charge < -0.3 is 4.57 Å². The number of benzene rings is 9. The van der Waals surface area contributed by atoms with E-state index in [2.05, 4.69) is 187 Å². The average Bonchev–Trinajstić information content (AvgIpc) is 3.47. The highest BCUT2D eigenvalue weighted by atomic mass is 32.2. The van der Waals surface area contributed by atoms with Gasteiger partial charge >= 0.3 is 0 Å². The number of fused-ring (bicyclic) bond motifs is 10. The first-order valence-electron chi connectivity index (χ1n) is 19.4. The van der Waals surface area contributed by atoms with Gasteiger partial charge in [-0.2, -0.15) is 0 Å². The summed E-state index contributed by atoms with van der Waals surface area (Å²) in [5.41, 5.74) is 15.9. The fraction of sp³-hybridized carbons (Fsp3) is 0.0566. The van der Waals surface area contributed by atoms with Crippen molar-refractivity contribution in [3.8, 4) is 39.1 Å². The van der Waals surface area contributed by atoms with Gasteiger partial charge in [0.25, 0.3) is 0 Å². The van der Waals surface area contributed by atoms with Crippen molar-refractivity contribution in [3.05, 3.63) is 199 Å². The van der Waals surface area contributed by atoms with Crippen molar-refractivity contribution in [1.82, 2.24) is 4.57 Å². The lowest BCUT2D eigenvalue weighted by Gasteiger charge is -2.26. The van der Waals surface area contributed by atoms with Crippen LogP contribution in [0.4, 0.5) is 0 Å². The SMILES string of the molecule is c1ccc([C@@H]2CCc3ccccc3-c3c2cc2c4c(cccc34)-c3ccc(-c4ccc5c6ccccc6n(-c6cccc7ccccc67)c5c4)cc3S2)cc1. The third kappa shape index (κ3) is 4.68. The third-order valence-electron chi connectivity index (χ3n) is 12.2. The van der Waals surface area contributed by atoms with Gasteiger partial charge in [-0.1, -0.05) is 163 Å². The fourth-order valence-electron chi connectivity index (χ4n) is 9.76. The van der Waals surface area contributed by atoms with E-state index < -0.39 is 0 Å². The molecule has 2 heteroatoms. The van der Waals surface area contributed by atoms with E-state index in [1.807, 2.05) is 11.8 Å². The second-order valence-corrected chi connectivity index (χ2v) is 16.2. The van der Waals surface area contributed by atoms with Gasteiger partial charge in [-0.05, 0) is 104 Å². The summed E-state index contributed by atoms with van der Waals surface area (Å²) in [7, 11) is 0. The molecule has 0 bridgehead atoms. The van der Waals surface area contributed by atoms with Crippen molar-refractivity contribution in [1.29, 1.82) is 0 Å². The molecule has 0 amide bonds. The van der Waals surface area contributed by atoms with Crippen LogP contribution in [-0.4, -0.2) is 4.57 Å². The van der Waals surface area contributed by atoms with E-state index in [4.69, 9.17) is 0 Å². The Morgan fingerprint density at radius 1 is 0.473 bits per heavy atom. The molecule has 0 saturated carbocycles. The van der Waals surface area contributed by atoms with Gasteiger partial charge in [0.1, 0.15) is 0 Å². The van der Waals surface area contributed by atoms with E-state index in [0.717, 1.165) is 12.8 Å². The Balaban J connectivity index is 1.04. The minimum Gasteiger partial charge on any atom is -0.309 e. The quantitative estimate of drug-likeness (QED) is 0.176. The van der Waals surface area contributed by atoms with Crippen LogP contribution >= 0.6 is 11.8 Å². The maximum atomic E-state index is 2.55. The van der Waals surface area contributed by atoms with Crippen LogP contribution in [0, 0.1) is 0 Å². The van der Waals surface area contributed by atoms with Gasteiger partial charge in [0.2, 0.25) is 0 Å². The molecular formula is C53H35NS. The van der Waals surface area contributed by atoms with Crippen LogP contribution in [0.1, 0.15) is 29.0 Å². The Hall–Kier alpha value is -6.35. The van der Waals surface area contributed by atoms with Gasteiger partial charge in [0, 0.05) is 37.3 Å². The molecule has 0 spiro atoms. The van der Waals surface area contributed by atoms with Gasteiger partial charge in [-0.15, -0.1) is 0 Å². The van der Waals surface area contributed by atoms with Crippen LogP contribution < -0.4 is 0 Å². The maximum Gasteiger partial charge on any atom is 0.0547 e. The normalized spacial score (nSPS) is 14.5. The molecular weight excluding hydrogens is 683 g/mol. The number of hydrogen-bond donors (Lipinski definition) is 0. The Morgan fingerprint density at radius 3 is 2.13 bits per heavy atom. The first-order chi connectivity index (χ1) is 27.3. The van der Waals surface area contributed by atoms with Crippen molar-refractivity contribution in [3.63, 3.8) is 0 Å². The molecule has 1 aromatic heterocycles. The summed E-state index contributed by atoms with van der Waals surface area (Å²) in [5.74, 6) is 0.335. The Kier molecular flexibility index (Phi) is 6.82. The zero-order valence-corrected chi connectivity index (χ0v) is 31.0. The second kappa shape index (κ2) is 12.1. The molecule has 0 unspecified atom stereocenters. The van der Waals surface area contributed by atoms with Gasteiger partial charge in [0.15, 0.2) is 0 Å². The monoisotopic (exact) mass is 717 g/mol. The van der Waals surface area contributed by atoms with Crippen LogP contribution in [-0.2, 0) is 6.42 Å². The highest BCUT2D eigenvalue weighted by molar-refractivity contribution is 7.99. The van der Waals surface area contributed by atoms with Gasteiger partial charge in [-0.3, -0.25) is 0 Å². The molecule has 1 aliphatic heterocycles. The van der Waals surface area contributed by atoms with Crippen molar-refractivity contribution in [2.45, 2.75) is 28.6 Å². The number of aromatic nitrogens is 1. The van der Waals surface area contributed by atoms with E-state index in [1.54, 1.807) is 0 Å². The van der Waals surface area contributed by atoms with Gasteiger partial charge in [-0.25, -0.2) is 0 Å². The lowest BCUT2D eigenvalue weighted by Crippen LogP contribution is -2.04. The summed E-state index contributed by atoms with van der Waals surface area (Å²) in [4.78, 5) is 2.68. The van der Waals surface area contributed by atoms with Crippen molar-refractivity contribution in [2.75, 3.05) is 0 Å². The van der Waals surface area contributed by atoms with Crippen LogP contribution in [0.25, 0.3) is 82.4 Å². The Labute approximate surface area is 324 Å². The summed E-state index contributed by atoms with van der Waals surface area (Å²) < 4.78 is 2.47. The molecule has 258 valence electrons. The lowest BCUT2D eigenvalue weighted by molar-refractivity contribution is 0.725. The summed E-state index contributed by atoms with van der Waals surface area (Å²) in [6, 6.07) is 68.2. The molecule has 9 aromatic carbocycles. The minimum absolute atomic E-state index is 0.335. The first kappa shape index (κ1) is 31.0. The molecule has 1 atom stereocenters. The summed E-state index contributed by atoms with van der Waals surface area (Å²) in [6.07, 6.45) is 2.17.